The van der Waals surface area contributed by atoms with Crippen molar-refractivity contribution in [3.05, 3.63) is 97.0 Å². The van der Waals surface area contributed by atoms with E-state index in [1.54, 1.807) is 18.2 Å². The Morgan fingerprint density at radius 1 is 1.03 bits per heavy atom. The number of hydrogen-bond acceptors (Lipinski definition) is 4. The highest BCUT2D eigenvalue weighted by Crippen LogP contribution is 2.29. The number of anilines is 1. The zero-order chi connectivity index (χ0) is 24.2. The van der Waals surface area contributed by atoms with E-state index in [9.17, 15) is 9.59 Å². The molecular formula is C26H20BrIN2O3S. The molecule has 1 fully saturated rings. The van der Waals surface area contributed by atoms with Crippen LogP contribution >= 0.6 is 50.7 Å². The van der Waals surface area contributed by atoms with Crippen LogP contribution in [0.3, 0.4) is 0 Å². The van der Waals surface area contributed by atoms with Gasteiger partial charge < -0.3 is 4.74 Å². The predicted molar refractivity (Wildman–Crippen MR) is 150 cm³/mol. The number of aryl methyl sites for hydroxylation is 1. The summed E-state index contributed by atoms with van der Waals surface area (Å²) < 4.78 is 7.80. The number of hydrogen-bond donors (Lipinski definition) is 1. The van der Waals surface area contributed by atoms with E-state index in [4.69, 9.17) is 17.0 Å². The van der Waals surface area contributed by atoms with Crippen LogP contribution in [-0.4, -0.2) is 16.9 Å². The van der Waals surface area contributed by atoms with Crippen molar-refractivity contribution in [3.63, 3.8) is 0 Å². The largest absolute Gasteiger partial charge is 0.488 e. The second-order valence-electron chi connectivity index (χ2n) is 7.58. The Hall–Kier alpha value is -2.56. The lowest BCUT2D eigenvalue weighted by atomic mass is 10.1. The maximum Gasteiger partial charge on any atom is 0.270 e. The van der Waals surface area contributed by atoms with Crippen LogP contribution in [0, 0.1) is 3.57 Å². The van der Waals surface area contributed by atoms with Gasteiger partial charge in [-0.05, 0) is 116 Å². The molecule has 0 unspecified atom stereocenters. The Balaban J connectivity index is 1.54. The lowest BCUT2D eigenvalue weighted by molar-refractivity contribution is -0.122. The number of nitrogens with zero attached hydrogens (tertiary/aromatic N) is 1. The minimum atomic E-state index is -0.522. The highest BCUT2D eigenvalue weighted by Gasteiger charge is 2.34. The number of amides is 2. The van der Waals surface area contributed by atoms with Gasteiger partial charge in [-0.3, -0.25) is 19.8 Å². The van der Waals surface area contributed by atoms with Gasteiger partial charge >= 0.3 is 0 Å². The first kappa shape index (κ1) is 24.6. The molecule has 4 rings (SSSR count). The summed E-state index contributed by atoms with van der Waals surface area (Å²) in [6.45, 7) is 2.49. The van der Waals surface area contributed by atoms with Crippen LogP contribution in [0.15, 0.2) is 76.8 Å². The third-order valence-corrected chi connectivity index (χ3v) is 6.90. The second-order valence-corrected chi connectivity index (χ2v) is 10.1. The van der Waals surface area contributed by atoms with Crippen LogP contribution in [-0.2, 0) is 22.6 Å². The third-order valence-electron chi connectivity index (χ3n) is 5.28. The average molecular weight is 647 g/mol. The molecule has 1 aliphatic heterocycles. The van der Waals surface area contributed by atoms with Gasteiger partial charge in [0.1, 0.15) is 17.9 Å². The van der Waals surface area contributed by atoms with Crippen molar-refractivity contribution in [1.82, 2.24) is 5.32 Å². The van der Waals surface area contributed by atoms with Gasteiger partial charge in [0.2, 0.25) is 0 Å². The number of benzene rings is 3. The van der Waals surface area contributed by atoms with Gasteiger partial charge in [-0.25, -0.2) is 0 Å². The summed E-state index contributed by atoms with van der Waals surface area (Å²) in [7, 11) is 0. The molecule has 0 spiro atoms. The molecule has 5 nitrogen and oxygen atoms in total. The minimum Gasteiger partial charge on any atom is -0.488 e. The summed E-state index contributed by atoms with van der Waals surface area (Å²) in [5.74, 6) is -0.321. The predicted octanol–water partition coefficient (Wildman–Crippen LogP) is 6.03. The van der Waals surface area contributed by atoms with Crippen LogP contribution in [0.4, 0.5) is 5.69 Å². The van der Waals surface area contributed by atoms with Crippen molar-refractivity contribution >= 4 is 79.4 Å². The van der Waals surface area contributed by atoms with Crippen molar-refractivity contribution in [1.29, 1.82) is 0 Å². The molecular weight excluding hydrogens is 627 g/mol. The molecule has 0 aromatic heterocycles. The lowest BCUT2D eigenvalue weighted by Gasteiger charge is -2.29. The highest BCUT2D eigenvalue weighted by atomic mass is 127. The molecule has 34 heavy (non-hydrogen) atoms. The van der Waals surface area contributed by atoms with E-state index in [2.05, 4.69) is 50.8 Å². The first-order chi connectivity index (χ1) is 16.4. The maximum absolute atomic E-state index is 13.2. The highest BCUT2D eigenvalue weighted by molar-refractivity contribution is 14.1. The molecule has 3 aromatic carbocycles. The molecule has 0 bridgehead atoms. The van der Waals surface area contributed by atoms with E-state index in [0.29, 0.717) is 23.6 Å². The smallest absolute Gasteiger partial charge is 0.270 e. The molecule has 0 saturated carbocycles. The minimum absolute atomic E-state index is 0.00706. The summed E-state index contributed by atoms with van der Waals surface area (Å²) >= 11 is 11.1. The summed E-state index contributed by atoms with van der Waals surface area (Å²) in [5.41, 5.74) is 3.51. The lowest BCUT2D eigenvalue weighted by Crippen LogP contribution is -2.54. The van der Waals surface area contributed by atoms with Crippen LogP contribution in [0.25, 0.3) is 6.08 Å². The number of ether oxygens (including phenoxy) is 1. The van der Waals surface area contributed by atoms with Crippen LogP contribution in [0.1, 0.15) is 23.6 Å². The summed E-state index contributed by atoms with van der Waals surface area (Å²) in [5, 5.41) is 2.68. The number of halogens is 2. The molecule has 8 heteroatoms. The van der Waals surface area contributed by atoms with Crippen molar-refractivity contribution in [2.24, 2.45) is 0 Å². The molecule has 1 heterocycles. The molecule has 2 amide bonds. The van der Waals surface area contributed by atoms with Crippen molar-refractivity contribution < 1.29 is 14.3 Å². The summed E-state index contributed by atoms with van der Waals surface area (Å²) in [6.07, 6.45) is 2.44. The van der Waals surface area contributed by atoms with E-state index in [-0.39, 0.29) is 10.7 Å². The molecule has 172 valence electrons. The van der Waals surface area contributed by atoms with Gasteiger partial charge in [0.05, 0.1) is 10.2 Å². The topological polar surface area (TPSA) is 58.6 Å². The van der Waals surface area contributed by atoms with Gasteiger partial charge in [0.25, 0.3) is 11.8 Å². The normalized spacial score (nSPS) is 15.0. The number of thiocarbonyl (C=S) groups is 1. The molecule has 1 N–H and O–H groups in total. The summed E-state index contributed by atoms with van der Waals surface area (Å²) in [6, 6.07) is 21.1. The molecule has 0 radical (unpaired) electrons. The van der Waals surface area contributed by atoms with Crippen molar-refractivity contribution in [3.8, 4) is 5.75 Å². The van der Waals surface area contributed by atoms with E-state index < -0.39 is 11.8 Å². The van der Waals surface area contributed by atoms with E-state index >= 15 is 0 Å². The molecule has 1 aliphatic rings. The van der Waals surface area contributed by atoms with E-state index in [0.717, 1.165) is 22.0 Å². The first-order valence-corrected chi connectivity index (χ1v) is 12.8. The molecule has 0 aliphatic carbocycles. The zero-order valence-electron chi connectivity index (χ0n) is 18.2. The number of nitrogens with one attached hydrogen (secondary N) is 1. The summed E-state index contributed by atoms with van der Waals surface area (Å²) in [4.78, 5) is 27.1. The second kappa shape index (κ2) is 10.8. The van der Waals surface area contributed by atoms with E-state index in [1.807, 2.05) is 54.6 Å². The van der Waals surface area contributed by atoms with Crippen molar-refractivity contribution in [2.75, 3.05) is 4.90 Å². The Morgan fingerprint density at radius 3 is 2.35 bits per heavy atom. The molecule has 1 saturated heterocycles. The zero-order valence-corrected chi connectivity index (χ0v) is 22.7. The standard InChI is InChI=1S/C26H20BrIN2O3S/c1-2-16-5-10-20(11-6-16)30-25(32)21(24(31)29-26(30)34)13-18-7-12-23(22(27)14-18)33-15-17-3-8-19(28)9-4-17/h3-14H,2,15H2,1H3,(H,29,31,34)/b21-13+. The Bertz CT molecular complexity index is 1290. The number of carbonyl (C=O) groups is 2. The Kier molecular flexibility index (Phi) is 7.80. The van der Waals surface area contributed by atoms with Crippen LogP contribution in [0.2, 0.25) is 0 Å². The average Bonchev–Trinajstić information content (AvgIpc) is 2.82. The maximum atomic E-state index is 13.2. The Morgan fingerprint density at radius 2 is 1.71 bits per heavy atom. The van der Waals surface area contributed by atoms with Crippen molar-refractivity contribution in [2.45, 2.75) is 20.0 Å². The van der Waals surface area contributed by atoms with E-state index in [1.165, 1.54) is 8.47 Å². The first-order valence-electron chi connectivity index (χ1n) is 10.5. The fraction of sp³-hybridized carbons (Fsp3) is 0.115. The van der Waals surface area contributed by atoms with Gasteiger partial charge in [-0.2, -0.15) is 0 Å². The molecule has 3 aromatic rings. The Labute approximate surface area is 225 Å². The van der Waals surface area contributed by atoms with Gasteiger partial charge in [0.15, 0.2) is 5.11 Å². The fourth-order valence-electron chi connectivity index (χ4n) is 3.40. The third kappa shape index (κ3) is 5.56. The van der Waals surface area contributed by atoms with Crippen LogP contribution in [0.5, 0.6) is 5.75 Å². The van der Waals surface area contributed by atoms with Gasteiger partial charge in [-0.1, -0.05) is 37.3 Å². The monoisotopic (exact) mass is 646 g/mol. The molecule has 0 atom stereocenters. The number of carbonyl (C=O) groups excluding carboxylic acids is 2. The SMILES string of the molecule is CCc1ccc(N2C(=O)/C(=C/c3ccc(OCc4ccc(I)cc4)c(Br)c3)C(=O)NC2=S)cc1. The van der Waals surface area contributed by atoms with Gasteiger partial charge in [-0.15, -0.1) is 0 Å². The number of rotatable bonds is 6. The van der Waals surface area contributed by atoms with Gasteiger partial charge in [0, 0.05) is 3.57 Å². The van der Waals surface area contributed by atoms with Crippen LogP contribution < -0.4 is 15.0 Å². The fourth-order valence-corrected chi connectivity index (χ4v) is 4.56. The quantitative estimate of drug-likeness (QED) is 0.154.